The van der Waals surface area contributed by atoms with E-state index in [-0.39, 0.29) is 17.4 Å². The van der Waals surface area contributed by atoms with Crippen molar-refractivity contribution in [1.82, 2.24) is 5.32 Å². The fraction of sp³-hybridized carbons (Fsp3) is 0.909. The number of carbonyl (C=O) groups is 1. The fourth-order valence-corrected chi connectivity index (χ4v) is 1.90. The van der Waals surface area contributed by atoms with Crippen molar-refractivity contribution in [1.29, 1.82) is 0 Å². The van der Waals surface area contributed by atoms with Crippen molar-refractivity contribution in [3.63, 3.8) is 0 Å². The summed E-state index contributed by atoms with van der Waals surface area (Å²) in [5.41, 5.74) is 0.0733. The number of carbonyl (C=O) groups excluding carboxylic acids is 1. The van der Waals surface area contributed by atoms with Gasteiger partial charge in [0.2, 0.25) is 5.91 Å². The van der Waals surface area contributed by atoms with Crippen molar-refractivity contribution >= 4 is 29.3 Å². The summed E-state index contributed by atoms with van der Waals surface area (Å²) in [6.45, 7) is 6.37. The zero-order valence-corrected chi connectivity index (χ0v) is 11.7. The van der Waals surface area contributed by atoms with Gasteiger partial charge in [-0.05, 0) is 18.1 Å². The molecule has 0 aromatic heterocycles. The third kappa shape index (κ3) is 7.07. The molecule has 1 amide bonds. The van der Waals surface area contributed by atoms with Gasteiger partial charge in [0.05, 0.1) is 0 Å². The van der Waals surface area contributed by atoms with E-state index in [0.29, 0.717) is 12.3 Å². The van der Waals surface area contributed by atoms with Crippen molar-refractivity contribution in [2.24, 2.45) is 5.41 Å². The minimum Gasteiger partial charge on any atom is -0.353 e. The number of amides is 1. The van der Waals surface area contributed by atoms with Crippen LogP contribution in [-0.4, -0.2) is 29.8 Å². The molecule has 0 saturated heterocycles. The molecule has 0 heterocycles. The van der Waals surface area contributed by atoms with Crippen molar-refractivity contribution in [3.05, 3.63) is 0 Å². The van der Waals surface area contributed by atoms with Gasteiger partial charge in [-0.2, -0.15) is 11.8 Å². The number of nitrogens with one attached hydrogen (secondary N) is 1. The van der Waals surface area contributed by atoms with Gasteiger partial charge >= 0.3 is 0 Å². The van der Waals surface area contributed by atoms with Crippen LogP contribution in [0.15, 0.2) is 0 Å². The lowest BCUT2D eigenvalue weighted by atomic mass is 9.85. The lowest BCUT2D eigenvalue weighted by Crippen LogP contribution is -2.44. The number of hydrogen-bond donors (Lipinski definition) is 1. The molecule has 0 rings (SSSR count). The second-order valence-corrected chi connectivity index (χ2v) is 6.07. The highest BCUT2D eigenvalue weighted by molar-refractivity contribution is 7.98. The first-order valence-electron chi connectivity index (χ1n) is 5.26. The predicted octanol–water partition coefficient (Wildman–Crippen LogP) is 2.90. The van der Waals surface area contributed by atoms with Gasteiger partial charge in [-0.1, -0.05) is 20.8 Å². The molecule has 15 heavy (non-hydrogen) atoms. The van der Waals surface area contributed by atoms with Crippen LogP contribution in [0.2, 0.25) is 0 Å². The normalized spacial score (nSPS) is 13.7. The third-order valence-electron chi connectivity index (χ3n) is 2.31. The van der Waals surface area contributed by atoms with Gasteiger partial charge in [0, 0.05) is 24.1 Å². The third-order valence-corrected chi connectivity index (χ3v) is 3.14. The topological polar surface area (TPSA) is 29.1 Å². The Balaban J connectivity index is 4.11. The van der Waals surface area contributed by atoms with Crippen LogP contribution in [0.3, 0.4) is 0 Å². The van der Waals surface area contributed by atoms with Gasteiger partial charge in [-0.25, -0.2) is 0 Å². The van der Waals surface area contributed by atoms with Crippen LogP contribution in [0.1, 0.15) is 33.6 Å². The number of hydrogen-bond acceptors (Lipinski definition) is 2. The number of rotatable bonds is 6. The van der Waals surface area contributed by atoms with Crippen LogP contribution < -0.4 is 5.32 Å². The van der Waals surface area contributed by atoms with E-state index in [1.807, 2.05) is 6.26 Å². The van der Waals surface area contributed by atoms with Gasteiger partial charge in [-0.3, -0.25) is 4.79 Å². The van der Waals surface area contributed by atoms with Crippen LogP contribution in [-0.2, 0) is 4.79 Å². The van der Waals surface area contributed by atoms with E-state index in [0.717, 1.165) is 12.2 Å². The summed E-state index contributed by atoms with van der Waals surface area (Å²) >= 11 is 7.43. The number of halogens is 1. The summed E-state index contributed by atoms with van der Waals surface area (Å²) in [5, 5.41) is 3.06. The van der Waals surface area contributed by atoms with E-state index in [9.17, 15) is 4.79 Å². The van der Waals surface area contributed by atoms with Gasteiger partial charge in [0.25, 0.3) is 0 Å². The highest BCUT2D eigenvalue weighted by Crippen LogP contribution is 2.22. The highest BCUT2D eigenvalue weighted by atomic mass is 35.5. The Bertz CT molecular complexity index is 192. The first kappa shape index (κ1) is 15.1. The Morgan fingerprint density at radius 1 is 1.47 bits per heavy atom. The zero-order valence-electron chi connectivity index (χ0n) is 10.1. The average molecular weight is 252 g/mol. The maximum atomic E-state index is 11.6. The average Bonchev–Trinajstić information content (AvgIpc) is 2.12. The summed E-state index contributed by atoms with van der Waals surface area (Å²) in [6, 6.07) is 0.171. The maximum absolute atomic E-state index is 11.6. The van der Waals surface area contributed by atoms with Crippen LogP contribution in [0.5, 0.6) is 0 Å². The summed E-state index contributed by atoms with van der Waals surface area (Å²) in [4.78, 5) is 11.6. The second-order valence-electron chi connectivity index (χ2n) is 4.71. The first-order chi connectivity index (χ1) is 6.91. The molecule has 0 aliphatic rings. The molecule has 0 aromatic rings. The molecule has 0 fully saturated rings. The minimum atomic E-state index is 0.0733. The summed E-state index contributed by atoms with van der Waals surface area (Å²) in [7, 11) is 0. The SMILES string of the molecule is CSCCC(=O)NC(CCCl)C(C)(C)C. The molecule has 0 aromatic carbocycles. The Kier molecular flexibility index (Phi) is 7.45. The Morgan fingerprint density at radius 3 is 2.47 bits per heavy atom. The quantitative estimate of drug-likeness (QED) is 0.736. The van der Waals surface area contributed by atoms with Crippen LogP contribution in [0.4, 0.5) is 0 Å². The lowest BCUT2D eigenvalue weighted by Gasteiger charge is -2.31. The largest absolute Gasteiger partial charge is 0.353 e. The van der Waals surface area contributed by atoms with E-state index < -0.39 is 0 Å². The molecule has 0 saturated carbocycles. The molecule has 1 atom stereocenters. The van der Waals surface area contributed by atoms with Crippen LogP contribution in [0.25, 0.3) is 0 Å². The molecule has 0 aliphatic heterocycles. The molecule has 0 radical (unpaired) electrons. The Labute approximate surface area is 103 Å². The lowest BCUT2D eigenvalue weighted by molar-refractivity contribution is -0.122. The van der Waals surface area contributed by atoms with Gasteiger partial charge in [0.15, 0.2) is 0 Å². The molecule has 2 nitrogen and oxygen atoms in total. The summed E-state index contributed by atoms with van der Waals surface area (Å²) in [6.07, 6.45) is 3.43. The maximum Gasteiger partial charge on any atom is 0.221 e. The molecule has 0 spiro atoms. The molecule has 0 aliphatic carbocycles. The molecule has 1 N–H and O–H groups in total. The van der Waals surface area contributed by atoms with Crippen molar-refractivity contribution in [2.45, 2.75) is 39.7 Å². The van der Waals surface area contributed by atoms with Crippen molar-refractivity contribution in [3.8, 4) is 0 Å². The predicted molar refractivity (Wildman–Crippen MR) is 69.7 cm³/mol. The first-order valence-corrected chi connectivity index (χ1v) is 7.19. The number of thioether (sulfide) groups is 1. The Morgan fingerprint density at radius 2 is 2.07 bits per heavy atom. The van der Waals surface area contributed by atoms with E-state index in [1.54, 1.807) is 11.8 Å². The molecule has 0 bridgehead atoms. The standard InChI is InChI=1S/C11H22ClNOS/c1-11(2,3)9(5-7-12)13-10(14)6-8-15-4/h9H,5-8H2,1-4H3,(H,13,14). The van der Waals surface area contributed by atoms with Crippen molar-refractivity contribution in [2.75, 3.05) is 17.9 Å². The Hall–Kier alpha value is 0.110. The van der Waals surface area contributed by atoms with Gasteiger partial charge in [-0.15, -0.1) is 11.6 Å². The van der Waals surface area contributed by atoms with E-state index in [4.69, 9.17) is 11.6 Å². The van der Waals surface area contributed by atoms with Crippen molar-refractivity contribution < 1.29 is 4.79 Å². The van der Waals surface area contributed by atoms with E-state index in [2.05, 4.69) is 26.1 Å². The fourth-order valence-electron chi connectivity index (χ4n) is 1.29. The molecule has 90 valence electrons. The summed E-state index contributed by atoms with van der Waals surface area (Å²) in [5.74, 6) is 1.60. The summed E-state index contributed by atoms with van der Waals surface area (Å²) < 4.78 is 0. The molecular weight excluding hydrogens is 230 g/mol. The van der Waals surface area contributed by atoms with E-state index in [1.165, 1.54) is 0 Å². The molecular formula is C11H22ClNOS. The van der Waals surface area contributed by atoms with Crippen LogP contribution >= 0.6 is 23.4 Å². The zero-order chi connectivity index (χ0) is 11.9. The van der Waals surface area contributed by atoms with Gasteiger partial charge < -0.3 is 5.32 Å². The van der Waals surface area contributed by atoms with Gasteiger partial charge in [0.1, 0.15) is 0 Å². The van der Waals surface area contributed by atoms with Crippen LogP contribution in [0, 0.1) is 5.41 Å². The second kappa shape index (κ2) is 7.39. The highest BCUT2D eigenvalue weighted by Gasteiger charge is 2.25. The molecule has 4 heteroatoms. The number of alkyl halides is 1. The molecule has 1 unspecified atom stereocenters. The minimum absolute atomic E-state index is 0.0733. The van der Waals surface area contributed by atoms with E-state index >= 15 is 0 Å². The smallest absolute Gasteiger partial charge is 0.221 e. The monoisotopic (exact) mass is 251 g/mol.